The zero-order chi connectivity index (χ0) is 35.9. The number of hydrogen-bond acceptors (Lipinski definition) is 12. The molecule has 0 aromatic carbocycles. The summed E-state index contributed by atoms with van der Waals surface area (Å²) in [7, 11) is 1.66. The summed E-state index contributed by atoms with van der Waals surface area (Å²) in [6.45, 7) is 11.3. The molecule has 12 heteroatoms. The number of nitrogens with two attached hydrogens (primary N) is 1. The summed E-state index contributed by atoms with van der Waals surface area (Å²) >= 11 is 0. The van der Waals surface area contributed by atoms with Gasteiger partial charge in [-0.3, -0.25) is 4.79 Å². The lowest BCUT2D eigenvalue weighted by atomic mass is 9.82. The highest BCUT2D eigenvalue weighted by atomic mass is 16.8. The first kappa shape index (κ1) is 36.2. The van der Waals surface area contributed by atoms with Gasteiger partial charge in [0.15, 0.2) is 5.79 Å². The first-order valence-electron chi connectivity index (χ1n) is 20.2. The Hall–Kier alpha value is -1.45. The Morgan fingerprint density at radius 2 is 1.58 bits per heavy atom. The summed E-state index contributed by atoms with van der Waals surface area (Å²) in [5.74, 6) is -0.871. The summed E-state index contributed by atoms with van der Waals surface area (Å²) in [5, 5.41) is 10.6. The van der Waals surface area contributed by atoms with Crippen LogP contribution in [0, 0.1) is 17.8 Å². The molecule has 9 aliphatic heterocycles. The monoisotopic (exact) mass is 729 g/mol. The topological polar surface area (TPSA) is 146 Å². The van der Waals surface area contributed by atoms with Gasteiger partial charge >= 0.3 is 5.97 Å². The second kappa shape index (κ2) is 14.2. The van der Waals surface area contributed by atoms with Crippen LogP contribution in [0.1, 0.15) is 90.4 Å². The van der Waals surface area contributed by atoms with Gasteiger partial charge in [-0.05, 0) is 87.2 Å². The Labute approximate surface area is 307 Å². The van der Waals surface area contributed by atoms with Gasteiger partial charge in [-0.25, -0.2) is 0 Å². The standard InChI is InChI=1S/C40H59NO11/c1-19-11-25-5-7-28-20(2)12-27(45-28)9-10-40-17-31-36(51-40)37-38(49-31)39(52-40)35-29(48-37)8-6-26(47-35)16-32(43)50-34-23(15-30(46-25)21(19)3)13-22(33(34)44-4)14-24(42)18-41/h19,22-31,33-39,42H,2-3,5-18,41H2,1,4H3/t19-,22-,23+,24+,25+,26-,27+,28+,29+,30-,31-,33+,34+,35+,36+,37+,38+,39+,40+/m1/s1. The Morgan fingerprint density at radius 3 is 2.40 bits per heavy atom. The fourth-order valence-corrected chi connectivity index (χ4v) is 11.5. The van der Waals surface area contributed by atoms with E-state index < -0.39 is 18.0 Å². The number of rotatable bonds is 4. The molecule has 3 N–H and O–H groups in total. The van der Waals surface area contributed by atoms with Crippen molar-refractivity contribution in [2.45, 2.75) is 188 Å². The van der Waals surface area contributed by atoms with Crippen LogP contribution < -0.4 is 5.73 Å². The first-order chi connectivity index (χ1) is 25.1. The largest absolute Gasteiger partial charge is 0.459 e. The Kier molecular flexibility index (Phi) is 9.92. The highest BCUT2D eigenvalue weighted by molar-refractivity contribution is 5.70. The molecular formula is C40H59NO11. The number of carbonyl (C=O) groups excluding carboxylic acids is 1. The van der Waals surface area contributed by atoms with Crippen molar-refractivity contribution in [1.82, 2.24) is 0 Å². The molecule has 52 heavy (non-hydrogen) atoms. The molecule has 1 spiro atoms. The van der Waals surface area contributed by atoms with Gasteiger partial charge in [-0.1, -0.05) is 20.1 Å². The molecule has 19 atom stereocenters. The average Bonchev–Trinajstić information content (AvgIpc) is 3.79. The van der Waals surface area contributed by atoms with Crippen LogP contribution in [0.2, 0.25) is 0 Å². The van der Waals surface area contributed by atoms with Crippen LogP contribution in [-0.2, 0) is 47.4 Å². The van der Waals surface area contributed by atoms with E-state index in [0.29, 0.717) is 38.0 Å². The summed E-state index contributed by atoms with van der Waals surface area (Å²) in [4.78, 5) is 13.9. The third kappa shape index (κ3) is 6.54. The SMILES string of the molecule is C=C1C[C@@H]2CC[C@@]34C[C@H]5O[C@@H]6[C@@H](O3)[C@H]3O[C@H](CC[C@@H]3O[C@H]6[C@H]5O4)CC(=O)O[C@H]3[C@@H](C[C@H](C[C@H](O)CN)[C@@H]3OC)C[C@H]3O[C@@H](CC[C@@H]1O2)C[C@@H](C)C3=C. The molecular weight excluding hydrogens is 670 g/mol. The third-order valence-corrected chi connectivity index (χ3v) is 14.1. The number of aliphatic hydroxyl groups is 1. The quantitative estimate of drug-likeness (QED) is 0.322. The van der Waals surface area contributed by atoms with E-state index in [1.807, 2.05) is 0 Å². The van der Waals surface area contributed by atoms with Crippen LogP contribution in [0.15, 0.2) is 24.3 Å². The number of esters is 1. The summed E-state index contributed by atoms with van der Waals surface area (Å²) in [5.41, 5.74) is 8.06. The number of carbonyl (C=O) groups is 1. The van der Waals surface area contributed by atoms with Gasteiger partial charge in [-0.2, -0.15) is 0 Å². The van der Waals surface area contributed by atoms with Gasteiger partial charge in [0.05, 0.1) is 61.4 Å². The molecule has 10 aliphatic rings. The van der Waals surface area contributed by atoms with E-state index in [1.54, 1.807) is 7.11 Å². The molecule has 0 aromatic heterocycles. The number of methoxy groups -OCH3 is 1. The van der Waals surface area contributed by atoms with E-state index in [1.165, 1.54) is 0 Å². The summed E-state index contributed by atoms with van der Waals surface area (Å²) in [6, 6.07) is 0. The van der Waals surface area contributed by atoms with Crippen LogP contribution >= 0.6 is 0 Å². The van der Waals surface area contributed by atoms with Crippen LogP contribution in [-0.4, -0.2) is 122 Å². The first-order valence-corrected chi connectivity index (χ1v) is 20.2. The second-order valence-electron chi connectivity index (χ2n) is 17.5. The maximum absolute atomic E-state index is 13.9. The zero-order valence-corrected chi connectivity index (χ0v) is 30.8. The molecule has 12 bridgehead atoms. The summed E-state index contributed by atoms with van der Waals surface area (Å²) in [6.07, 6.45) is 5.46. The molecule has 12 nitrogen and oxygen atoms in total. The van der Waals surface area contributed by atoms with Crippen molar-refractivity contribution in [1.29, 1.82) is 0 Å². The highest BCUT2D eigenvalue weighted by Crippen LogP contribution is 2.54. The van der Waals surface area contributed by atoms with Gasteiger partial charge < -0.3 is 53.5 Å². The van der Waals surface area contributed by atoms with Crippen LogP contribution in [0.25, 0.3) is 0 Å². The predicted octanol–water partition coefficient (Wildman–Crippen LogP) is 3.64. The molecule has 9 heterocycles. The molecule has 1 aliphatic carbocycles. The minimum atomic E-state index is -0.791. The normalized spacial score (nSPS) is 52.2. The van der Waals surface area contributed by atoms with Crippen LogP contribution in [0.5, 0.6) is 0 Å². The Bertz CT molecular complexity index is 1380. The van der Waals surface area contributed by atoms with Crippen molar-refractivity contribution in [3.05, 3.63) is 24.3 Å². The van der Waals surface area contributed by atoms with Gasteiger partial charge in [-0.15, -0.1) is 0 Å². The molecule has 10 rings (SSSR count). The van der Waals surface area contributed by atoms with Gasteiger partial charge in [0.2, 0.25) is 0 Å². The maximum atomic E-state index is 13.9. The molecule has 290 valence electrons. The van der Waals surface area contributed by atoms with Crippen molar-refractivity contribution in [3.63, 3.8) is 0 Å². The van der Waals surface area contributed by atoms with E-state index in [0.717, 1.165) is 56.1 Å². The van der Waals surface area contributed by atoms with Crippen molar-refractivity contribution in [2.75, 3.05) is 13.7 Å². The summed E-state index contributed by atoms with van der Waals surface area (Å²) < 4.78 is 59.7. The van der Waals surface area contributed by atoms with Crippen molar-refractivity contribution >= 4 is 5.97 Å². The molecule has 0 unspecified atom stereocenters. The van der Waals surface area contributed by atoms with Gasteiger partial charge in [0, 0.05) is 32.4 Å². The van der Waals surface area contributed by atoms with E-state index in [-0.39, 0.29) is 110 Å². The van der Waals surface area contributed by atoms with Crippen molar-refractivity contribution in [3.8, 4) is 0 Å². The maximum Gasteiger partial charge on any atom is 0.308 e. The molecule has 0 radical (unpaired) electrons. The molecule has 9 saturated heterocycles. The highest BCUT2D eigenvalue weighted by Gasteiger charge is 2.68. The molecule has 0 amide bonds. The van der Waals surface area contributed by atoms with Gasteiger partial charge in [0.1, 0.15) is 36.6 Å². The number of fused-ring (bicyclic) bond motifs is 6. The second-order valence-corrected chi connectivity index (χ2v) is 17.5. The minimum absolute atomic E-state index is 0.0111. The average molecular weight is 730 g/mol. The van der Waals surface area contributed by atoms with Crippen molar-refractivity contribution in [2.24, 2.45) is 23.5 Å². The van der Waals surface area contributed by atoms with Crippen molar-refractivity contribution < 1.29 is 52.5 Å². The van der Waals surface area contributed by atoms with E-state index in [2.05, 4.69) is 20.1 Å². The molecule has 10 fully saturated rings. The van der Waals surface area contributed by atoms with Gasteiger partial charge in [0.25, 0.3) is 0 Å². The van der Waals surface area contributed by atoms with E-state index >= 15 is 0 Å². The van der Waals surface area contributed by atoms with E-state index in [9.17, 15) is 9.90 Å². The fourth-order valence-electron chi connectivity index (χ4n) is 11.5. The number of aliphatic hydroxyl groups excluding tert-OH is 1. The Morgan fingerprint density at radius 1 is 0.827 bits per heavy atom. The lowest BCUT2D eigenvalue weighted by molar-refractivity contribution is -0.293. The molecule has 0 aromatic rings. The predicted molar refractivity (Wildman–Crippen MR) is 186 cm³/mol. The van der Waals surface area contributed by atoms with Crippen LogP contribution in [0.3, 0.4) is 0 Å². The smallest absolute Gasteiger partial charge is 0.308 e. The fraction of sp³-hybridized carbons (Fsp3) is 0.875. The third-order valence-electron chi connectivity index (χ3n) is 14.1. The lowest BCUT2D eigenvalue weighted by Gasteiger charge is -2.47. The van der Waals surface area contributed by atoms with Crippen LogP contribution in [0.4, 0.5) is 0 Å². The zero-order valence-electron chi connectivity index (χ0n) is 30.8. The number of ether oxygens (including phenoxy) is 9. The number of hydrogen-bond donors (Lipinski definition) is 2. The van der Waals surface area contributed by atoms with E-state index in [4.69, 9.17) is 48.4 Å². The Balaban J connectivity index is 0.994. The lowest BCUT2D eigenvalue weighted by Crippen LogP contribution is -2.61. The molecule has 1 saturated carbocycles. The minimum Gasteiger partial charge on any atom is -0.459 e.